The third-order valence-electron chi connectivity index (χ3n) is 4.53. The molecule has 5 heteroatoms. The van der Waals surface area contributed by atoms with Crippen LogP contribution < -0.4 is 0 Å². The molecule has 3 rings (SSSR count). The van der Waals surface area contributed by atoms with Crippen molar-refractivity contribution in [2.75, 3.05) is 0 Å². The molecular weight excluding hydrogens is 270 g/mol. The van der Waals surface area contributed by atoms with E-state index in [1.54, 1.807) is 13.8 Å². The lowest BCUT2D eigenvalue weighted by molar-refractivity contribution is -0.163. The highest BCUT2D eigenvalue weighted by atomic mass is 16.5. The molecule has 0 bridgehead atoms. The van der Waals surface area contributed by atoms with Gasteiger partial charge >= 0.3 is 5.97 Å². The predicted molar refractivity (Wildman–Crippen MR) is 75.9 cm³/mol. The van der Waals surface area contributed by atoms with Crippen LogP contribution in [-0.2, 0) is 16.1 Å². The molecule has 0 radical (unpaired) electrons. The molecule has 2 aliphatic rings. The number of carbonyl (C=O) groups is 1. The highest BCUT2D eigenvalue weighted by Crippen LogP contribution is 2.54. The molecule has 2 fully saturated rings. The number of hydrogen-bond donors (Lipinski definition) is 1. The van der Waals surface area contributed by atoms with E-state index in [2.05, 4.69) is 4.98 Å². The monoisotopic (exact) mass is 293 g/mol. The Bertz CT molecular complexity index is 528. The second kappa shape index (κ2) is 5.13. The zero-order chi connectivity index (χ0) is 15.2. The van der Waals surface area contributed by atoms with Crippen molar-refractivity contribution >= 4 is 5.97 Å². The summed E-state index contributed by atoms with van der Waals surface area (Å²) < 4.78 is 11.4. The van der Waals surface area contributed by atoms with Gasteiger partial charge in [-0.25, -0.2) is 9.78 Å². The molecule has 0 saturated heterocycles. The van der Waals surface area contributed by atoms with Gasteiger partial charge in [0.1, 0.15) is 6.61 Å². The minimum Gasteiger partial charge on any atom is -0.479 e. The van der Waals surface area contributed by atoms with E-state index >= 15 is 0 Å². The molecule has 5 nitrogen and oxygen atoms in total. The molecule has 0 unspecified atom stereocenters. The van der Waals surface area contributed by atoms with E-state index in [1.807, 2.05) is 6.92 Å². The largest absolute Gasteiger partial charge is 0.479 e. The third kappa shape index (κ3) is 3.12. The van der Waals surface area contributed by atoms with Crippen LogP contribution in [0.5, 0.6) is 0 Å². The number of oxazole rings is 1. The second-order valence-corrected chi connectivity index (χ2v) is 6.87. The van der Waals surface area contributed by atoms with Crippen LogP contribution in [0.15, 0.2) is 4.42 Å². The summed E-state index contributed by atoms with van der Waals surface area (Å²) in [5, 5.41) is 9.07. The van der Waals surface area contributed by atoms with Crippen molar-refractivity contribution in [2.45, 2.75) is 64.6 Å². The molecule has 2 aliphatic carbocycles. The van der Waals surface area contributed by atoms with E-state index in [4.69, 9.17) is 14.3 Å². The Morgan fingerprint density at radius 1 is 1.38 bits per heavy atom. The summed E-state index contributed by atoms with van der Waals surface area (Å²) in [5.41, 5.74) is -0.399. The number of aryl methyl sites for hydroxylation is 1. The van der Waals surface area contributed by atoms with E-state index in [0.29, 0.717) is 11.7 Å². The van der Waals surface area contributed by atoms with Crippen LogP contribution in [0.3, 0.4) is 0 Å². The topological polar surface area (TPSA) is 72.6 Å². The zero-order valence-corrected chi connectivity index (χ0v) is 12.9. The smallest absolute Gasteiger partial charge is 0.335 e. The molecular formula is C16H23NO4. The standard InChI is InChI=1S/C16H23NO4/c1-9-12(8-20-16(2,3)15(18)19)21-14(17-9)13(10-4-5-10)11-6-7-11/h10-11,13H,4-8H2,1-3H3,(H,18,19). The number of aromatic nitrogens is 1. The average molecular weight is 293 g/mol. The average Bonchev–Trinajstić information content (AvgIpc) is 3.29. The summed E-state index contributed by atoms with van der Waals surface area (Å²) in [4.78, 5) is 15.6. The van der Waals surface area contributed by atoms with Crippen LogP contribution in [0.1, 0.15) is 62.8 Å². The van der Waals surface area contributed by atoms with Gasteiger partial charge in [-0.3, -0.25) is 0 Å². The quantitative estimate of drug-likeness (QED) is 0.835. The molecule has 116 valence electrons. The Morgan fingerprint density at radius 2 is 1.95 bits per heavy atom. The summed E-state index contributed by atoms with van der Waals surface area (Å²) >= 11 is 0. The Hall–Kier alpha value is -1.36. The van der Waals surface area contributed by atoms with Crippen molar-refractivity contribution in [1.82, 2.24) is 4.98 Å². The minimum absolute atomic E-state index is 0.153. The number of rotatable bonds is 7. The molecule has 1 aromatic rings. The molecule has 0 atom stereocenters. The summed E-state index contributed by atoms with van der Waals surface area (Å²) in [6.45, 7) is 5.13. The maximum atomic E-state index is 11.1. The van der Waals surface area contributed by atoms with Gasteiger partial charge in [-0.15, -0.1) is 0 Å². The Kier molecular flexibility index (Phi) is 3.56. The number of hydrogen-bond acceptors (Lipinski definition) is 4. The summed E-state index contributed by atoms with van der Waals surface area (Å²) in [5.74, 6) is 2.45. The molecule has 1 N–H and O–H groups in total. The molecule has 0 amide bonds. The van der Waals surface area contributed by atoms with Gasteiger partial charge in [0.25, 0.3) is 0 Å². The fourth-order valence-electron chi connectivity index (χ4n) is 2.73. The SMILES string of the molecule is Cc1nc(C(C2CC2)C2CC2)oc1COC(C)(C)C(=O)O. The molecule has 1 aromatic heterocycles. The second-order valence-electron chi connectivity index (χ2n) is 6.87. The lowest BCUT2D eigenvalue weighted by atomic mass is 9.98. The fourth-order valence-corrected chi connectivity index (χ4v) is 2.73. The third-order valence-corrected chi connectivity index (χ3v) is 4.53. The van der Waals surface area contributed by atoms with E-state index in [9.17, 15) is 4.79 Å². The highest BCUT2D eigenvalue weighted by molar-refractivity contribution is 5.76. The molecule has 0 spiro atoms. The molecule has 0 aromatic carbocycles. The first-order valence-corrected chi connectivity index (χ1v) is 7.72. The lowest BCUT2D eigenvalue weighted by Gasteiger charge is -2.19. The Balaban J connectivity index is 1.70. The van der Waals surface area contributed by atoms with Gasteiger partial charge < -0.3 is 14.3 Å². The maximum Gasteiger partial charge on any atom is 0.335 e. The summed E-state index contributed by atoms with van der Waals surface area (Å²) in [6, 6.07) is 0. The first kappa shape index (κ1) is 14.6. The number of nitrogens with zero attached hydrogens (tertiary/aromatic N) is 1. The fraction of sp³-hybridized carbons (Fsp3) is 0.750. The molecule has 2 saturated carbocycles. The van der Waals surface area contributed by atoms with E-state index < -0.39 is 11.6 Å². The van der Waals surface area contributed by atoms with Gasteiger partial charge in [-0.05, 0) is 58.3 Å². The minimum atomic E-state index is -1.22. The van der Waals surface area contributed by atoms with Gasteiger partial charge in [0.15, 0.2) is 17.3 Å². The number of carboxylic acid groups (broad SMARTS) is 1. The molecule has 0 aliphatic heterocycles. The summed E-state index contributed by atoms with van der Waals surface area (Å²) in [6.07, 6.45) is 5.11. The predicted octanol–water partition coefficient (Wildman–Crippen LogP) is 3.27. The van der Waals surface area contributed by atoms with Gasteiger partial charge in [0.05, 0.1) is 5.69 Å². The highest BCUT2D eigenvalue weighted by Gasteiger charge is 2.45. The number of carboxylic acids is 1. The van der Waals surface area contributed by atoms with Crippen molar-refractivity contribution in [3.8, 4) is 0 Å². The first-order valence-electron chi connectivity index (χ1n) is 7.72. The van der Waals surface area contributed by atoms with Crippen molar-refractivity contribution in [3.63, 3.8) is 0 Å². The number of ether oxygens (including phenoxy) is 1. The molecule has 21 heavy (non-hydrogen) atoms. The van der Waals surface area contributed by atoms with E-state index in [0.717, 1.165) is 23.4 Å². The van der Waals surface area contributed by atoms with Gasteiger partial charge in [-0.2, -0.15) is 0 Å². The zero-order valence-electron chi connectivity index (χ0n) is 12.9. The lowest BCUT2D eigenvalue weighted by Crippen LogP contribution is -2.34. The van der Waals surface area contributed by atoms with Crippen LogP contribution in [0.4, 0.5) is 0 Å². The van der Waals surface area contributed by atoms with Gasteiger partial charge in [-0.1, -0.05) is 0 Å². The van der Waals surface area contributed by atoms with Crippen LogP contribution in [0, 0.1) is 18.8 Å². The Morgan fingerprint density at radius 3 is 2.43 bits per heavy atom. The van der Waals surface area contributed by atoms with Gasteiger partial charge in [0, 0.05) is 5.92 Å². The van der Waals surface area contributed by atoms with Crippen molar-refractivity contribution in [3.05, 3.63) is 17.3 Å². The van der Waals surface area contributed by atoms with Crippen molar-refractivity contribution in [2.24, 2.45) is 11.8 Å². The Labute approximate surface area is 124 Å². The normalized spacial score (nSPS) is 19.2. The first-order chi connectivity index (χ1) is 9.88. The van der Waals surface area contributed by atoms with Crippen LogP contribution in [-0.4, -0.2) is 21.7 Å². The van der Waals surface area contributed by atoms with Crippen molar-refractivity contribution < 1.29 is 19.1 Å². The molecule has 1 heterocycles. The van der Waals surface area contributed by atoms with E-state index in [1.165, 1.54) is 25.7 Å². The van der Waals surface area contributed by atoms with Crippen LogP contribution >= 0.6 is 0 Å². The van der Waals surface area contributed by atoms with Gasteiger partial charge in [0.2, 0.25) is 0 Å². The summed E-state index contributed by atoms with van der Waals surface area (Å²) in [7, 11) is 0. The number of aliphatic carboxylic acids is 1. The maximum absolute atomic E-state index is 11.1. The van der Waals surface area contributed by atoms with E-state index in [-0.39, 0.29) is 6.61 Å². The van der Waals surface area contributed by atoms with Crippen LogP contribution in [0.2, 0.25) is 0 Å². The van der Waals surface area contributed by atoms with Crippen molar-refractivity contribution in [1.29, 1.82) is 0 Å². The van der Waals surface area contributed by atoms with Crippen LogP contribution in [0.25, 0.3) is 0 Å².